The van der Waals surface area contributed by atoms with Gasteiger partial charge in [-0.25, -0.2) is 0 Å². The minimum atomic E-state index is 0.274. The lowest BCUT2D eigenvalue weighted by Crippen LogP contribution is -2.32. The molecule has 0 N–H and O–H groups in total. The zero-order valence-corrected chi connectivity index (χ0v) is 13.0. The van der Waals surface area contributed by atoms with Gasteiger partial charge in [-0.15, -0.1) is 6.58 Å². The molecule has 0 spiro atoms. The van der Waals surface area contributed by atoms with Crippen LogP contribution >= 0.6 is 11.8 Å². The van der Waals surface area contributed by atoms with Crippen molar-refractivity contribution in [3.63, 3.8) is 0 Å². The molecule has 1 aromatic rings. The number of allylic oxidation sites excluding steroid dienone is 1. The van der Waals surface area contributed by atoms with Gasteiger partial charge in [0.15, 0.2) is 0 Å². The van der Waals surface area contributed by atoms with E-state index in [1.807, 2.05) is 22.7 Å². The zero-order valence-electron chi connectivity index (χ0n) is 12.2. The Kier molecular flexibility index (Phi) is 5.72. The largest absolute Gasteiger partial charge is 0.342 e. The lowest BCUT2D eigenvalue weighted by atomic mass is 10.0. The summed E-state index contributed by atoms with van der Waals surface area (Å²) in [5, 5.41) is 0.522. The Balaban J connectivity index is 1.97. The fourth-order valence-electron chi connectivity index (χ4n) is 2.60. The fraction of sp³-hybridized carbons (Fsp3) is 0.471. The van der Waals surface area contributed by atoms with E-state index in [-0.39, 0.29) is 5.91 Å². The minimum absolute atomic E-state index is 0.274. The fourth-order valence-corrected chi connectivity index (χ4v) is 3.93. The molecule has 0 saturated carbocycles. The van der Waals surface area contributed by atoms with Crippen LogP contribution in [-0.2, 0) is 4.79 Å². The van der Waals surface area contributed by atoms with Gasteiger partial charge in [0.05, 0.1) is 0 Å². The lowest BCUT2D eigenvalue weighted by molar-refractivity contribution is -0.130. The monoisotopic (exact) mass is 289 g/mol. The molecule has 1 aliphatic heterocycles. The van der Waals surface area contributed by atoms with E-state index in [0.717, 1.165) is 31.7 Å². The Morgan fingerprint density at radius 3 is 3.00 bits per heavy atom. The number of amides is 1. The van der Waals surface area contributed by atoms with Crippen LogP contribution in [0.15, 0.2) is 36.9 Å². The van der Waals surface area contributed by atoms with Gasteiger partial charge in [0, 0.05) is 30.5 Å². The van der Waals surface area contributed by atoms with Gasteiger partial charge >= 0.3 is 0 Å². The molecule has 2 nitrogen and oxygen atoms in total. The maximum atomic E-state index is 12.1. The molecule has 1 fully saturated rings. The highest BCUT2D eigenvalue weighted by molar-refractivity contribution is 7.99. The smallest absolute Gasteiger partial charge is 0.222 e. The highest BCUT2D eigenvalue weighted by atomic mass is 32.2. The van der Waals surface area contributed by atoms with Crippen molar-refractivity contribution in [2.45, 2.75) is 31.4 Å². The molecular formula is C17H23NOS. The number of rotatable bonds is 4. The number of hydrogen-bond donors (Lipinski definition) is 0. The summed E-state index contributed by atoms with van der Waals surface area (Å²) in [5.74, 6) is 1.30. The van der Waals surface area contributed by atoms with E-state index < -0.39 is 0 Å². The first-order chi connectivity index (χ1) is 9.72. The zero-order chi connectivity index (χ0) is 14.4. The number of benzene rings is 1. The van der Waals surface area contributed by atoms with Gasteiger partial charge in [-0.05, 0) is 30.9 Å². The van der Waals surface area contributed by atoms with Crippen molar-refractivity contribution in [2.75, 3.05) is 18.8 Å². The van der Waals surface area contributed by atoms with Crippen molar-refractivity contribution in [3.05, 3.63) is 48.0 Å². The molecule has 0 bridgehead atoms. The summed E-state index contributed by atoms with van der Waals surface area (Å²) in [6.45, 7) is 7.61. The first kappa shape index (κ1) is 15.2. The van der Waals surface area contributed by atoms with Crippen LogP contribution in [0.1, 0.15) is 35.6 Å². The Labute approximate surface area is 126 Å². The number of carbonyl (C=O) groups excluding carboxylic acids is 1. The van der Waals surface area contributed by atoms with E-state index in [9.17, 15) is 4.79 Å². The summed E-state index contributed by atoms with van der Waals surface area (Å²) in [4.78, 5) is 14.1. The van der Waals surface area contributed by atoms with E-state index in [2.05, 4.69) is 37.8 Å². The Bertz CT molecular complexity index is 472. The van der Waals surface area contributed by atoms with Crippen LogP contribution in [0.25, 0.3) is 0 Å². The molecule has 1 aromatic carbocycles. The van der Waals surface area contributed by atoms with Gasteiger partial charge in [-0.2, -0.15) is 11.8 Å². The van der Waals surface area contributed by atoms with Crippen molar-refractivity contribution in [3.8, 4) is 0 Å². The molecular weight excluding hydrogens is 266 g/mol. The predicted octanol–water partition coefficient (Wildman–Crippen LogP) is 3.97. The number of hydrogen-bond acceptors (Lipinski definition) is 2. The summed E-state index contributed by atoms with van der Waals surface area (Å²) < 4.78 is 0. The topological polar surface area (TPSA) is 20.3 Å². The molecule has 0 aliphatic carbocycles. The molecule has 1 atom stereocenters. The molecule has 1 amide bonds. The van der Waals surface area contributed by atoms with Crippen LogP contribution in [0, 0.1) is 6.92 Å². The van der Waals surface area contributed by atoms with Crippen LogP contribution in [0.5, 0.6) is 0 Å². The van der Waals surface area contributed by atoms with Gasteiger partial charge in [-0.3, -0.25) is 4.79 Å². The average Bonchev–Trinajstić information content (AvgIpc) is 2.71. The molecule has 1 aliphatic rings. The van der Waals surface area contributed by atoms with Crippen LogP contribution in [-0.4, -0.2) is 29.6 Å². The van der Waals surface area contributed by atoms with E-state index >= 15 is 0 Å². The van der Waals surface area contributed by atoms with Crippen LogP contribution in [0.3, 0.4) is 0 Å². The molecule has 108 valence electrons. The Morgan fingerprint density at radius 2 is 2.25 bits per heavy atom. The third kappa shape index (κ3) is 3.89. The van der Waals surface area contributed by atoms with Crippen molar-refractivity contribution in [1.82, 2.24) is 4.90 Å². The second-order valence-electron chi connectivity index (χ2n) is 5.21. The van der Waals surface area contributed by atoms with Crippen molar-refractivity contribution >= 4 is 17.7 Å². The molecule has 1 heterocycles. The summed E-state index contributed by atoms with van der Waals surface area (Å²) in [6.07, 6.45) is 4.25. The van der Waals surface area contributed by atoms with E-state index in [1.54, 1.807) is 0 Å². The summed E-state index contributed by atoms with van der Waals surface area (Å²) in [7, 11) is 0. The average molecular weight is 289 g/mol. The lowest BCUT2D eigenvalue weighted by Gasteiger charge is -2.20. The van der Waals surface area contributed by atoms with Crippen molar-refractivity contribution in [1.29, 1.82) is 0 Å². The Hall–Kier alpha value is -1.22. The number of carbonyl (C=O) groups is 1. The standard InChI is InChI=1S/C17H23NOS/c1-3-4-9-17(19)18-11-10-16(20-13-12-18)15-8-6-5-7-14(15)2/h3,5-8,16H,1,4,9-13H2,2H3/t16-/m1/s1. The van der Waals surface area contributed by atoms with Gasteiger partial charge in [-0.1, -0.05) is 30.3 Å². The summed E-state index contributed by atoms with van der Waals surface area (Å²) in [5.41, 5.74) is 2.79. The maximum Gasteiger partial charge on any atom is 0.222 e. The van der Waals surface area contributed by atoms with Crippen LogP contribution in [0.2, 0.25) is 0 Å². The van der Waals surface area contributed by atoms with Gasteiger partial charge < -0.3 is 4.90 Å². The van der Waals surface area contributed by atoms with Gasteiger partial charge in [0.25, 0.3) is 0 Å². The van der Waals surface area contributed by atoms with Crippen molar-refractivity contribution in [2.24, 2.45) is 0 Å². The first-order valence-corrected chi connectivity index (χ1v) is 8.33. The molecule has 0 aromatic heterocycles. The first-order valence-electron chi connectivity index (χ1n) is 7.28. The van der Waals surface area contributed by atoms with Crippen LogP contribution in [0.4, 0.5) is 0 Å². The summed E-state index contributed by atoms with van der Waals surface area (Å²) >= 11 is 1.98. The third-order valence-electron chi connectivity index (χ3n) is 3.79. The van der Waals surface area contributed by atoms with Gasteiger partial charge in [0.2, 0.25) is 5.91 Å². The van der Waals surface area contributed by atoms with E-state index in [4.69, 9.17) is 0 Å². The SMILES string of the molecule is C=CCCC(=O)N1CCS[C@@H](c2ccccc2C)CC1. The second-order valence-corrected chi connectivity index (χ2v) is 6.52. The van der Waals surface area contributed by atoms with E-state index in [1.165, 1.54) is 11.1 Å². The molecule has 0 unspecified atom stereocenters. The normalized spacial score (nSPS) is 19.4. The maximum absolute atomic E-state index is 12.1. The minimum Gasteiger partial charge on any atom is -0.342 e. The summed E-state index contributed by atoms with van der Waals surface area (Å²) in [6, 6.07) is 8.60. The molecule has 20 heavy (non-hydrogen) atoms. The Morgan fingerprint density at radius 1 is 1.45 bits per heavy atom. The molecule has 3 heteroatoms. The second kappa shape index (κ2) is 7.53. The number of nitrogens with zero attached hydrogens (tertiary/aromatic N) is 1. The van der Waals surface area contributed by atoms with Crippen LogP contribution < -0.4 is 0 Å². The van der Waals surface area contributed by atoms with Gasteiger partial charge in [0.1, 0.15) is 0 Å². The third-order valence-corrected chi connectivity index (χ3v) is 5.10. The highest BCUT2D eigenvalue weighted by Gasteiger charge is 2.22. The predicted molar refractivity (Wildman–Crippen MR) is 87.0 cm³/mol. The quantitative estimate of drug-likeness (QED) is 0.782. The number of thioether (sulfide) groups is 1. The highest BCUT2D eigenvalue weighted by Crippen LogP contribution is 2.35. The van der Waals surface area contributed by atoms with E-state index in [0.29, 0.717) is 11.7 Å². The molecule has 2 rings (SSSR count). The number of aryl methyl sites for hydroxylation is 1. The van der Waals surface area contributed by atoms with Crippen molar-refractivity contribution < 1.29 is 4.79 Å². The molecule has 1 saturated heterocycles. The molecule has 0 radical (unpaired) electrons.